The van der Waals surface area contributed by atoms with Crippen LogP contribution in [0.25, 0.3) is 0 Å². The molecule has 82 valence electrons. The van der Waals surface area contributed by atoms with Crippen molar-refractivity contribution in [2.45, 2.75) is 18.9 Å². The van der Waals surface area contributed by atoms with Gasteiger partial charge in [0.15, 0.2) is 0 Å². The fourth-order valence-electron chi connectivity index (χ4n) is 1.55. The average molecular weight is 246 g/mol. The van der Waals surface area contributed by atoms with Crippen LogP contribution >= 0.6 is 22.9 Å². The first-order valence-corrected chi connectivity index (χ1v) is 6.16. The van der Waals surface area contributed by atoms with Crippen molar-refractivity contribution in [3.05, 3.63) is 21.3 Å². The van der Waals surface area contributed by atoms with Gasteiger partial charge in [-0.15, -0.1) is 11.3 Å². The third-order valence-electron chi connectivity index (χ3n) is 2.34. The van der Waals surface area contributed by atoms with Crippen LogP contribution in [-0.4, -0.2) is 25.2 Å². The molecule has 0 aliphatic carbocycles. The molecule has 0 bridgehead atoms. The number of thiophene rings is 1. The van der Waals surface area contributed by atoms with Crippen LogP contribution in [0.3, 0.4) is 0 Å². The van der Waals surface area contributed by atoms with Gasteiger partial charge in [0.25, 0.3) is 5.91 Å². The second kappa shape index (κ2) is 4.96. The van der Waals surface area contributed by atoms with Crippen molar-refractivity contribution in [1.82, 2.24) is 5.32 Å². The zero-order chi connectivity index (χ0) is 10.7. The van der Waals surface area contributed by atoms with Gasteiger partial charge in [-0.1, -0.05) is 11.6 Å². The second-order valence-electron chi connectivity index (χ2n) is 3.44. The second-order valence-corrected chi connectivity index (χ2v) is 4.77. The van der Waals surface area contributed by atoms with E-state index in [0.29, 0.717) is 16.4 Å². The highest BCUT2D eigenvalue weighted by Crippen LogP contribution is 2.21. The van der Waals surface area contributed by atoms with E-state index in [4.69, 9.17) is 16.3 Å². The van der Waals surface area contributed by atoms with Gasteiger partial charge in [-0.2, -0.15) is 0 Å². The van der Waals surface area contributed by atoms with Crippen LogP contribution in [-0.2, 0) is 4.74 Å². The van der Waals surface area contributed by atoms with Crippen LogP contribution in [0.5, 0.6) is 0 Å². The van der Waals surface area contributed by atoms with E-state index in [1.54, 1.807) is 6.07 Å². The Morgan fingerprint density at radius 1 is 1.73 bits per heavy atom. The van der Waals surface area contributed by atoms with Gasteiger partial charge in [-0.25, -0.2) is 0 Å². The highest BCUT2D eigenvalue weighted by molar-refractivity contribution is 7.12. The molecule has 5 heteroatoms. The fourth-order valence-corrected chi connectivity index (χ4v) is 2.61. The Bertz CT molecular complexity index is 347. The molecule has 1 aromatic heterocycles. The lowest BCUT2D eigenvalue weighted by molar-refractivity contribution is 0.0861. The molecule has 0 saturated carbocycles. The van der Waals surface area contributed by atoms with Gasteiger partial charge >= 0.3 is 0 Å². The van der Waals surface area contributed by atoms with Crippen LogP contribution in [0.2, 0.25) is 5.02 Å². The predicted octanol–water partition coefficient (Wildman–Crippen LogP) is 2.31. The third-order valence-corrected chi connectivity index (χ3v) is 3.68. The molecule has 2 rings (SSSR count). The maximum atomic E-state index is 11.6. The normalized spacial score (nSPS) is 20.5. The Morgan fingerprint density at radius 3 is 3.20 bits per heavy atom. The Morgan fingerprint density at radius 2 is 2.60 bits per heavy atom. The first-order chi connectivity index (χ1) is 7.27. The molecule has 1 atom stereocenters. The zero-order valence-corrected chi connectivity index (χ0v) is 9.74. The Balaban J connectivity index is 1.84. The van der Waals surface area contributed by atoms with Crippen LogP contribution < -0.4 is 5.32 Å². The molecule has 0 aromatic carbocycles. The predicted molar refractivity (Wildman–Crippen MR) is 60.6 cm³/mol. The number of carbonyl (C=O) groups is 1. The van der Waals surface area contributed by atoms with Crippen LogP contribution in [0.15, 0.2) is 11.4 Å². The first kappa shape index (κ1) is 10.9. The van der Waals surface area contributed by atoms with Crippen molar-refractivity contribution in [1.29, 1.82) is 0 Å². The molecule has 1 saturated heterocycles. The van der Waals surface area contributed by atoms with E-state index < -0.39 is 0 Å². The summed E-state index contributed by atoms with van der Waals surface area (Å²) in [5.74, 6) is -0.106. The molecular weight excluding hydrogens is 234 g/mol. The van der Waals surface area contributed by atoms with Crippen LogP contribution in [0.1, 0.15) is 22.5 Å². The number of rotatable bonds is 3. The van der Waals surface area contributed by atoms with Crippen LogP contribution in [0.4, 0.5) is 0 Å². The molecule has 2 heterocycles. The number of ether oxygens (including phenoxy) is 1. The minimum atomic E-state index is -0.106. The van der Waals surface area contributed by atoms with Gasteiger partial charge in [-0.05, 0) is 24.3 Å². The average Bonchev–Trinajstić information content (AvgIpc) is 2.84. The van der Waals surface area contributed by atoms with Crippen molar-refractivity contribution >= 4 is 28.8 Å². The largest absolute Gasteiger partial charge is 0.376 e. The van der Waals surface area contributed by atoms with Gasteiger partial charge in [0.1, 0.15) is 4.88 Å². The number of hydrogen-bond acceptors (Lipinski definition) is 3. The zero-order valence-electron chi connectivity index (χ0n) is 8.16. The van der Waals surface area contributed by atoms with E-state index in [-0.39, 0.29) is 12.0 Å². The summed E-state index contributed by atoms with van der Waals surface area (Å²) in [5.41, 5.74) is 0. The lowest BCUT2D eigenvalue weighted by atomic mass is 10.2. The van der Waals surface area contributed by atoms with Gasteiger partial charge in [-0.3, -0.25) is 4.79 Å². The molecule has 1 aliphatic heterocycles. The minimum Gasteiger partial charge on any atom is -0.376 e. The highest BCUT2D eigenvalue weighted by atomic mass is 35.5. The van der Waals surface area contributed by atoms with Crippen LogP contribution in [0, 0.1) is 0 Å². The number of hydrogen-bond donors (Lipinski definition) is 1. The third kappa shape index (κ3) is 2.71. The van der Waals surface area contributed by atoms with Gasteiger partial charge in [0.05, 0.1) is 11.1 Å². The lowest BCUT2D eigenvalue weighted by Gasteiger charge is -2.09. The molecule has 1 fully saturated rings. The Labute approximate surface area is 97.4 Å². The maximum Gasteiger partial charge on any atom is 0.262 e. The number of carbonyl (C=O) groups excluding carboxylic acids is 1. The van der Waals surface area contributed by atoms with E-state index >= 15 is 0 Å². The molecular formula is C10H12ClNO2S. The van der Waals surface area contributed by atoms with E-state index in [0.717, 1.165) is 19.4 Å². The topological polar surface area (TPSA) is 38.3 Å². The van der Waals surface area contributed by atoms with E-state index in [2.05, 4.69) is 5.32 Å². The Hall–Kier alpha value is -0.580. The van der Waals surface area contributed by atoms with Gasteiger partial charge in [0.2, 0.25) is 0 Å². The molecule has 1 N–H and O–H groups in total. The fraction of sp³-hybridized carbons (Fsp3) is 0.500. The molecule has 0 radical (unpaired) electrons. The molecule has 15 heavy (non-hydrogen) atoms. The smallest absolute Gasteiger partial charge is 0.262 e. The van der Waals surface area contributed by atoms with E-state index in [9.17, 15) is 4.79 Å². The number of halogens is 1. The van der Waals surface area contributed by atoms with E-state index in [1.807, 2.05) is 5.38 Å². The summed E-state index contributed by atoms with van der Waals surface area (Å²) in [7, 11) is 0. The summed E-state index contributed by atoms with van der Waals surface area (Å²) in [5, 5.41) is 5.16. The monoisotopic (exact) mass is 245 g/mol. The first-order valence-electron chi connectivity index (χ1n) is 4.90. The summed E-state index contributed by atoms with van der Waals surface area (Å²) in [4.78, 5) is 12.2. The quantitative estimate of drug-likeness (QED) is 0.888. The molecule has 1 aromatic rings. The highest BCUT2D eigenvalue weighted by Gasteiger charge is 2.18. The maximum absolute atomic E-state index is 11.6. The standard InChI is InChI=1S/C10H12ClNO2S/c11-8-3-5-15-9(8)10(13)12-6-7-2-1-4-14-7/h3,5,7H,1-2,4,6H2,(H,12,13). The molecule has 1 unspecified atom stereocenters. The SMILES string of the molecule is O=C(NCC1CCCO1)c1sccc1Cl. The molecule has 0 spiro atoms. The van der Waals surface area contributed by atoms with Gasteiger partial charge in [0, 0.05) is 13.2 Å². The number of nitrogens with one attached hydrogen (secondary N) is 1. The summed E-state index contributed by atoms with van der Waals surface area (Å²) in [6.45, 7) is 1.38. The van der Waals surface area contributed by atoms with Crippen molar-refractivity contribution in [3.63, 3.8) is 0 Å². The Kier molecular flexibility index (Phi) is 3.61. The van der Waals surface area contributed by atoms with Crippen molar-refractivity contribution in [2.24, 2.45) is 0 Å². The summed E-state index contributed by atoms with van der Waals surface area (Å²) in [6.07, 6.45) is 2.28. The molecule has 1 aliphatic rings. The van der Waals surface area contributed by atoms with Crippen molar-refractivity contribution in [2.75, 3.05) is 13.2 Å². The van der Waals surface area contributed by atoms with Crippen molar-refractivity contribution in [3.8, 4) is 0 Å². The number of amides is 1. The lowest BCUT2D eigenvalue weighted by Crippen LogP contribution is -2.31. The van der Waals surface area contributed by atoms with Crippen molar-refractivity contribution < 1.29 is 9.53 Å². The summed E-state index contributed by atoms with van der Waals surface area (Å²) in [6, 6.07) is 1.73. The molecule has 3 nitrogen and oxygen atoms in total. The summed E-state index contributed by atoms with van der Waals surface area (Å²) >= 11 is 7.20. The molecule has 1 amide bonds. The summed E-state index contributed by atoms with van der Waals surface area (Å²) < 4.78 is 5.41. The minimum absolute atomic E-state index is 0.106. The van der Waals surface area contributed by atoms with Gasteiger partial charge < -0.3 is 10.1 Å². The van der Waals surface area contributed by atoms with E-state index in [1.165, 1.54) is 11.3 Å².